The Morgan fingerprint density at radius 2 is 1.79 bits per heavy atom. The second kappa shape index (κ2) is 11.0. The smallest absolute Gasteiger partial charge is 0.285 e. The number of nitrogens with one attached hydrogen (secondary N) is 1. The van der Waals surface area contributed by atoms with Crippen LogP contribution >= 0.6 is 46.6 Å². The van der Waals surface area contributed by atoms with Crippen molar-refractivity contribution in [3.8, 4) is 11.5 Å². The molecular formula is C25H19IN2O4S2. The van der Waals surface area contributed by atoms with Crippen molar-refractivity contribution >= 4 is 68.8 Å². The molecule has 9 heteroatoms. The van der Waals surface area contributed by atoms with Crippen molar-refractivity contribution in [2.75, 3.05) is 7.11 Å². The monoisotopic (exact) mass is 602 g/mol. The van der Waals surface area contributed by atoms with Crippen LogP contribution in [-0.4, -0.2) is 28.3 Å². The van der Waals surface area contributed by atoms with Crippen molar-refractivity contribution < 1.29 is 19.1 Å². The zero-order valence-corrected chi connectivity index (χ0v) is 21.8. The van der Waals surface area contributed by atoms with Crippen molar-refractivity contribution in [3.05, 3.63) is 98.0 Å². The first-order valence-corrected chi connectivity index (χ1v) is 12.4. The Balaban J connectivity index is 1.51. The van der Waals surface area contributed by atoms with E-state index < -0.39 is 11.8 Å². The van der Waals surface area contributed by atoms with Crippen LogP contribution in [0.5, 0.6) is 11.5 Å². The van der Waals surface area contributed by atoms with Gasteiger partial charge in [-0.15, -0.1) is 0 Å². The molecule has 4 rings (SSSR count). The van der Waals surface area contributed by atoms with E-state index in [4.69, 9.17) is 21.7 Å². The lowest BCUT2D eigenvalue weighted by molar-refractivity contribution is -0.123. The molecule has 1 heterocycles. The van der Waals surface area contributed by atoms with Gasteiger partial charge in [-0.05, 0) is 76.3 Å². The van der Waals surface area contributed by atoms with Crippen LogP contribution in [0.4, 0.5) is 0 Å². The van der Waals surface area contributed by atoms with Crippen molar-refractivity contribution in [1.29, 1.82) is 0 Å². The summed E-state index contributed by atoms with van der Waals surface area (Å²) < 4.78 is 12.6. The number of thioether (sulfide) groups is 1. The molecule has 2 amide bonds. The molecule has 0 spiro atoms. The normalized spacial score (nSPS) is 14.4. The van der Waals surface area contributed by atoms with E-state index in [2.05, 4.69) is 28.0 Å². The first-order chi connectivity index (χ1) is 16.5. The molecule has 0 aliphatic carbocycles. The van der Waals surface area contributed by atoms with E-state index in [9.17, 15) is 9.59 Å². The summed E-state index contributed by atoms with van der Waals surface area (Å²) in [6.45, 7) is 0.409. The molecule has 3 aromatic carbocycles. The van der Waals surface area contributed by atoms with E-state index in [1.165, 1.54) is 0 Å². The number of carbonyl (C=O) groups is 2. The third-order valence-corrected chi connectivity index (χ3v) is 6.92. The highest BCUT2D eigenvalue weighted by Gasteiger charge is 2.34. The number of nitrogens with zero attached hydrogens (tertiary/aromatic N) is 1. The summed E-state index contributed by atoms with van der Waals surface area (Å²) in [6.07, 6.45) is 1.72. The Hall–Kier alpha value is -2.89. The highest BCUT2D eigenvalue weighted by molar-refractivity contribution is 14.1. The maximum atomic E-state index is 12.9. The topological polar surface area (TPSA) is 67.9 Å². The number of carbonyl (C=O) groups excluding carboxylic acids is 2. The summed E-state index contributed by atoms with van der Waals surface area (Å²) >= 11 is 8.63. The van der Waals surface area contributed by atoms with E-state index in [1.807, 2.05) is 42.5 Å². The number of methoxy groups -OCH3 is 1. The van der Waals surface area contributed by atoms with Gasteiger partial charge >= 0.3 is 0 Å². The van der Waals surface area contributed by atoms with Crippen LogP contribution in [0.15, 0.2) is 77.7 Å². The Morgan fingerprint density at radius 1 is 1.12 bits per heavy atom. The Kier molecular flexibility index (Phi) is 7.86. The molecule has 1 aliphatic rings. The number of ether oxygens (including phenoxy) is 2. The molecule has 3 aromatic rings. The number of hydrazine groups is 1. The second-order valence-electron chi connectivity index (χ2n) is 7.13. The van der Waals surface area contributed by atoms with Gasteiger partial charge in [-0.3, -0.25) is 15.0 Å². The number of rotatable bonds is 7. The zero-order chi connectivity index (χ0) is 24.1. The SMILES string of the molecule is COc1cc(/C=C2/SC(=S)N(NC(=O)c3ccccc3)C2=O)cc(I)c1OCc1ccccc1. The van der Waals surface area contributed by atoms with Crippen LogP contribution in [0, 0.1) is 3.57 Å². The Labute approximate surface area is 220 Å². The minimum Gasteiger partial charge on any atom is -0.493 e. The highest BCUT2D eigenvalue weighted by atomic mass is 127. The predicted molar refractivity (Wildman–Crippen MR) is 145 cm³/mol. The lowest BCUT2D eigenvalue weighted by Crippen LogP contribution is -2.44. The zero-order valence-electron chi connectivity index (χ0n) is 18.0. The van der Waals surface area contributed by atoms with Crippen molar-refractivity contribution in [2.45, 2.75) is 6.61 Å². The molecule has 0 radical (unpaired) electrons. The summed E-state index contributed by atoms with van der Waals surface area (Å²) in [5, 5.41) is 1.10. The maximum absolute atomic E-state index is 12.9. The first-order valence-electron chi connectivity index (χ1n) is 10.1. The van der Waals surface area contributed by atoms with Gasteiger partial charge in [-0.2, -0.15) is 5.01 Å². The molecule has 34 heavy (non-hydrogen) atoms. The minimum absolute atomic E-state index is 0.255. The summed E-state index contributed by atoms with van der Waals surface area (Å²) in [5.74, 6) is 0.390. The number of benzene rings is 3. The van der Waals surface area contributed by atoms with Gasteiger partial charge in [0.15, 0.2) is 15.8 Å². The van der Waals surface area contributed by atoms with Crippen LogP contribution in [0.1, 0.15) is 21.5 Å². The van der Waals surface area contributed by atoms with Gasteiger partial charge in [0.25, 0.3) is 11.8 Å². The third-order valence-electron chi connectivity index (χ3n) is 4.82. The maximum Gasteiger partial charge on any atom is 0.285 e. The minimum atomic E-state index is -0.408. The van der Waals surface area contributed by atoms with Crippen molar-refractivity contribution in [1.82, 2.24) is 10.4 Å². The molecule has 1 aliphatic heterocycles. The molecule has 0 saturated carbocycles. The number of thiocarbonyl (C=S) groups is 1. The lowest BCUT2D eigenvalue weighted by atomic mass is 10.2. The molecule has 1 fully saturated rings. The molecule has 1 N–H and O–H groups in total. The van der Waals surface area contributed by atoms with Gasteiger partial charge in [-0.1, -0.05) is 60.3 Å². The third kappa shape index (κ3) is 5.60. The molecule has 0 aromatic heterocycles. The van der Waals surface area contributed by atoms with Crippen LogP contribution in [0.25, 0.3) is 6.08 Å². The van der Waals surface area contributed by atoms with E-state index in [1.54, 1.807) is 43.5 Å². The highest BCUT2D eigenvalue weighted by Crippen LogP contribution is 2.37. The quantitative estimate of drug-likeness (QED) is 0.221. The number of hydrogen-bond acceptors (Lipinski definition) is 6. The lowest BCUT2D eigenvalue weighted by Gasteiger charge is -2.15. The summed E-state index contributed by atoms with van der Waals surface area (Å²) in [4.78, 5) is 25.8. The van der Waals surface area contributed by atoms with Crippen LogP contribution in [0.3, 0.4) is 0 Å². The molecule has 1 saturated heterocycles. The van der Waals surface area contributed by atoms with Gasteiger partial charge in [0.05, 0.1) is 15.6 Å². The van der Waals surface area contributed by atoms with Crippen molar-refractivity contribution in [3.63, 3.8) is 0 Å². The van der Waals surface area contributed by atoms with E-state index in [0.29, 0.717) is 28.6 Å². The molecule has 0 unspecified atom stereocenters. The fourth-order valence-corrected chi connectivity index (χ4v) is 5.12. The fraction of sp³-hybridized carbons (Fsp3) is 0.0800. The molecule has 0 bridgehead atoms. The van der Waals surface area contributed by atoms with Gasteiger partial charge in [-0.25, -0.2) is 0 Å². The van der Waals surface area contributed by atoms with E-state index in [0.717, 1.165) is 31.5 Å². The average Bonchev–Trinajstić information content (AvgIpc) is 3.11. The first kappa shape index (κ1) is 24.2. The van der Waals surface area contributed by atoms with Crippen LogP contribution in [-0.2, 0) is 11.4 Å². The molecule has 6 nitrogen and oxygen atoms in total. The second-order valence-corrected chi connectivity index (χ2v) is 9.97. The average molecular weight is 602 g/mol. The van der Waals surface area contributed by atoms with Gasteiger partial charge in [0.2, 0.25) is 0 Å². The van der Waals surface area contributed by atoms with Gasteiger partial charge in [0, 0.05) is 5.56 Å². The number of halogens is 1. The number of hydrogen-bond donors (Lipinski definition) is 1. The standard InChI is InChI=1S/C25H19IN2O4S2/c1-31-20-13-17(12-19(26)22(20)32-15-16-8-4-2-5-9-16)14-21-24(30)28(25(33)34-21)27-23(29)18-10-6-3-7-11-18/h2-14H,15H2,1H3,(H,27,29)/b21-14+. The molecule has 0 atom stereocenters. The molecular weight excluding hydrogens is 583 g/mol. The van der Waals surface area contributed by atoms with Gasteiger partial charge in [0.1, 0.15) is 6.61 Å². The van der Waals surface area contributed by atoms with Crippen molar-refractivity contribution in [2.24, 2.45) is 0 Å². The largest absolute Gasteiger partial charge is 0.493 e. The summed E-state index contributed by atoms with van der Waals surface area (Å²) in [6, 6.07) is 22.2. The Morgan fingerprint density at radius 3 is 2.47 bits per heavy atom. The van der Waals surface area contributed by atoms with Crippen LogP contribution < -0.4 is 14.9 Å². The predicted octanol–water partition coefficient (Wildman–Crippen LogP) is 5.43. The van der Waals surface area contributed by atoms with Crippen LogP contribution in [0.2, 0.25) is 0 Å². The molecule has 172 valence electrons. The number of amides is 2. The summed E-state index contributed by atoms with van der Waals surface area (Å²) in [5.41, 5.74) is 4.82. The van der Waals surface area contributed by atoms with E-state index >= 15 is 0 Å². The van der Waals surface area contributed by atoms with E-state index in [-0.39, 0.29) is 4.32 Å². The fourth-order valence-electron chi connectivity index (χ4n) is 3.16. The summed E-state index contributed by atoms with van der Waals surface area (Å²) in [7, 11) is 1.57. The van der Waals surface area contributed by atoms with Gasteiger partial charge < -0.3 is 9.47 Å². The Bertz CT molecular complexity index is 1270.